The van der Waals surface area contributed by atoms with Crippen LogP contribution in [0.4, 0.5) is 5.69 Å². The summed E-state index contributed by atoms with van der Waals surface area (Å²) in [7, 11) is -2.43. The highest BCUT2D eigenvalue weighted by Gasteiger charge is 2.23. The van der Waals surface area contributed by atoms with E-state index < -0.39 is 10.0 Å². The molecule has 0 fully saturated rings. The Morgan fingerprint density at radius 2 is 1.78 bits per heavy atom. The Morgan fingerprint density at radius 1 is 1.04 bits per heavy atom. The second kappa shape index (κ2) is 7.08. The highest BCUT2D eigenvalue weighted by Crippen LogP contribution is 2.33. The van der Waals surface area contributed by atoms with E-state index in [1.807, 2.05) is 39.8 Å². The van der Waals surface area contributed by atoms with Gasteiger partial charge in [0.2, 0.25) is 0 Å². The molecule has 0 aliphatic heterocycles. The van der Waals surface area contributed by atoms with Gasteiger partial charge in [0.1, 0.15) is 10.6 Å². The zero-order valence-corrected chi connectivity index (χ0v) is 16.8. The molecule has 0 saturated heterocycles. The average Bonchev–Trinajstić information content (AvgIpc) is 2.96. The molecule has 0 saturated carbocycles. The van der Waals surface area contributed by atoms with Crippen molar-refractivity contribution in [1.82, 2.24) is 5.16 Å². The third-order valence-electron chi connectivity index (χ3n) is 4.50. The van der Waals surface area contributed by atoms with Crippen molar-refractivity contribution in [3.8, 4) is 17.1 Å². The normalized spacial score (nSPS) is 11.4. The van der Waals surface area contributed by atoms with E-state index in [-0.39, 0.29) is 10.6 Å². The topological polar surface area (TPSA) is 81.4 Å². The zero-order chi connectivity index (χ0) is 19.8. The highest BCUT2D eigenvalue weighted by molar-refractivity contribution is 7.92. The number of nitrogens with one attached hydrogen (secondary N) is 1. The lowest BCUT2D eigenvalue weighted by Gasteiger charge is -2.14. The number of aryl methyl sites for hydroxylation is 3. The maximum Gasteiger partial charge on any atom is 0.265 e. The summed E-state index contributed by atoms with van der Waals surface area (Å²) in [6.45, 7) is 7.54. The van der Waals surface area contributed by atoms with Gasteiger partial charge < -0.3 is 9.26 Å². The largest absolute Gasteiger partial charge is 0.495 e. The van der Waals surface area contributed by atoms with Crippen LogP contribution in [-0.2, 0) is 10.0 Å². The predicted molar refractivity (Wildman–Crippen MR) is 105 cm³/mol. The summed E-state index contributed by atoms with van der Waals surface area (Å²) in [5.41, 5.74) is 4.68. The number of aromatic nitrogens is 1. The average molecular weight is 386 g/mol. The van der Waals surface area contributed by atoms with Crippen molar-refractivity contribution < 1.29 is 17.7 Å². The van der Waals surface area contributed by atoms with Gasteiger partial charge in [0.25, 0.3) is 10.0 Å². The predicted octanol–water partition coefficient (Wildman–Crippen LogP) is 4.38. The summed E-state index contributed by atoms with van der Waals surface area (Å²) in [4.78, 5) is 0.0379. The third kappa shape index (κ3) is 3.68. The van der Waals surface area contributed by atoms with E-state index in [0.29, 0.717) is 17.0 Å². The molecule has 3 aromatic rings. The molecular weight excluding hydrogens is 364 g/mol. The first kappa shape index (κ1) is 19.0. The molecule has 27 heavy (non-hydrogen) atoms. The molecule has 7 heteroatoms. The molecule has 0 bridgehead atoms. The second-order valence-corrected chi connectivity index (χ2v) is 8.16. The number of hydrogen-bond donors (Lipinski definition) is 1. The summed E-state index contributed by atoms with van der Waals surface area (Å²) in [6.07, 6.45) is 0. The van der Waals surface area contributed by atoms with Gasteiger partial charge in [-0.25, -0.2) is 8.42 Å². The molecular formula is C20H22N2O4S. The first-order chi connectivity index (χ1) is 12.7. The molecule has 3 rings (SSSR count). The molecule has 0 spiro atoms. The van der Waals surface area contributed by atoms with E-state index in [2.05, 4.69) is 9.88 Å². The minimum absolute atomic E-state index is 0.0379. The van der Waals surface area contributed by atoms with Gasteiger partial charge in [-0.2, -0.15) is 0 Å². The van der Waals surface area contributed by atoms with Gasteiger partial charge in [0, 0.05) is 11.1 Å². The summed E-state index contributed by atoms with van der Waals surface area (Å²) >= 11 is 0. The summed E-state index contributed by atoms with van der Waals surface area (Å²) < 4.78 is 39.4. The van der Waals surface area contributed by atoms with Crippen LogP contribution < -0.4 is 9.46 Å². The molecule has 142 valence electrons. The Bertz CT molecular complexity index is 1100. The Balaban J connectivity index is 2.08. The number of ether oxygens (including phenoxy) is 1. The van der Waals surface area contributed by atoms with Crippen LogP contribution in [-0.4, -0.2) is 20.7 Å². The molecule has 0 unspecified atom stereocenters. The van der Waals surface area contributed by atoms with Gasteiger partial charge in [-0.15, -0.1) is 0 Å². The molecule has 1 N–H and O–H groups in total. The van der Waals surface area contributed by atoms with Crippen LogP contribution >= 0.6 is 0 Å². The Hall–Kier alpha value is -2.80. The zero-order valence-electron chi connectivity index (χ0n) is 16.0. The number of rotatable bonds is 5. The van der Waals surface area contributed by atoms with Crippen molar-refractivity contribution in [2.45, 2.75) is 32.6 Å². The SMILES string of the molecule is COc1ccc(-c2onc(C)c2C)cc1S(=O)(=O)Nc1ccc(C)cc1C. The van der Waals surface area contributed by atoms with Crippen LogP contribution in [0.3, 0.4) is 0 Å². The second-order valence-electron chi connectivity index (χ2n) is 6.51. The van der Waals surface area contributed by atoms with Crippen molar-refractivity contribution in [2.75, 3.05) is 11.8 Å². The standard InChI is InChI=1S/C20H22N2O4S/c1-12-6-8-17(13(2)10-12)22-27(23,24)19-11-16(7-9-18(19)25-5)20-14(3)15(4)21-26-20/h6-11,22H,1-5H3. The fraction of sp³-hybridized carbons (Fsp3) is 0.250. The first-order valence-corrected chi connectivity index (χ1v) is 9.92. The van der Waals surface area contributed by atoms with Crippen molar-refractivity contribution in [3.05, 3.63) is 58.8 Å². The summed E-state index contributed by atoms with van der Waals surface area (Å²) in [5.74, 6) is 0.794. The molecule has 0 radical (unpaired) electrons. The van der Waals surface area contributed by atoms with Crippen LogP contribution in [0, 0.1) is 27.7 Å². The lowest BCUT2D eigenvalue weighted by Crippen LogP contribution is -2.15. The summed E-state index contributed by atoms with van der Waals surface area (Å²) in [6, 6.07) is 10.4. The minimum atomic E-state index is -3.87. The third-order valence-corrected chi connectivity index (χ3v) is 5.89. The van der Waals surface area contributed by atoms with E-state index in [1.54, 1.807) is 18.2 Å². The van der Waals surface area contributed by atoms with Gasteiger partial charge in [-0.3, -0.25) is 4.72 Å². The van der Waals surface area contributed by atoms with E-state index in [4.69, 9.17) is 9.26 Å². The van der Waals surface area contributed by atoms with Gasteiger partial charge in [-0.1, -0.05) is 22.9 Å². The van der Waals surface area contributed by atoms with Gasteiger partial charge in [0.05, 0.1) is 18.5 Å². The number of anilines is 1. The van der Waals surface area contributed by atoms with Gasteiger partial charge >= 0.3 is 0 Å². The van der Waals surface area contributed by atoms with Crippen LogP contribution in [0.2, 0.25) is 0 Å². The number of benzene rings is 2. The van der Waals surface area contributed by atoms with Gasteiger partial charge in [0.15, 0.2) is 5.76 Å². The highest BCUT2D eigenvalue weighted by atomic mass is 32.2. The monoisotopic (exact) mass is 386 g/mol. The molecule has 2 aromatic carbocycles. The molecule has 6 nitrogen and oxygen atoms in total. The van der Waals surface area contributed by atoms with Crippen molar-refractivity contribution in [3.63, 3.8) is 0 Å². The first-order valence-electron chi connectivity index (χ1n) is 8.44. The van der Waals surface area contributed by atoms with E-state index in [1.165, 1.54) is 13.2 Å². The number of hydrogen-bond acceptors (Lipinski definition) is 5. The van der Waals surface area contributed by atoms with Crippen LogP contribution in [0.5, 0.6) is 5.75 Å². The molecule has 0 atom stereocenters. The lowest BCUT2D eigenvalue weighted by molar-refractivity contribution is 0.402. The molecule has 1 aromatic heterocycles. The molecule has 1 heterocycles. The smallest absolute Gasteiger partial charge is 0.265 e. The minimum Gasteiger partial charge on any atom is -0.495 e. The fourth-order valence-corrected chi connectivity index (χ4v) is 4.17. The number of sulfonamides is 1. The molecule has 0 aliphatic carbocycles. The molecule has 0 aliphatic rings. The van der Waals surface area contributed by atoms with E-state index in [9.17, 15) is 8.42 Å². The Kier molecular flexibility index (Phi) is 4.97. The Morgan fingerprint density at radius 3 is 2.37 bits per heavy atom. The van der Waals surface area contributed by atoms with E-state index >= 15 is 0 Å². The van der Waals surface area contributed by atoms with Crippen LogP contribution in [0.25, 0.3) is 11.3 Å². The van der Waals surface area contributed by atoms with Crippen molar-refractivity contribution in [2.24, 2.45) is 0 Å². The van der Waals surface area contributed by atoms with Crippen LogP contribution in [0.1, 0.15) is 22.4 Å². The quantitative estimate of drug-likeness (QED) is 0.703. The maximum atomic E-state index is 13.1. The Labute approximate surface area is 159 Å². The van der Waals surface area contributed by atoms with Crippen molar-refractivity contribution in [1.29, 1.82) is 0 Å². The van der Waals surface area contributed by atoms with Gasteiger partial charge in [-0.05, 0) is 57.5 Å². The summed E-state index contributed by atoms with van der Waals surface area (Å²) in [5, 5.41) is 3.94. The number of nitrogens with zero attached hydrogens (tertiary/aromatic N) is 1. The van der Waals surface area contributed by atoms with E-state index in [0.717, 1.165) is 22.4 Å². The lowest BCUT2D eigenvalue weighted by atomic mass is 10.1. The molecule has 0 amide bonds. The van der Waals surface area contributed by atoms with Crippen LogP contribution in [0.15, 0.2) is 45.8 Å². The number of methoxy groups -OCH3 is 1. The fourth-order valence-electron chi connectivity index (χ4n) is 2.84. The van der Waals surface area contributed by atoms with Crippen molar-refractivity contribution >= 4 is 15.7 Å². The maximum absolute atomic E-state index is 13.1.